The highest BCUT2D eigenvalue weighted by molar-refractivity contribution is 5.24. The zero-order valence-corrected chi connectivity index (χ0v) is 8.53. The van der Waals surface area contributed by atoms with Crippen LogP contribution in [0.4, 0.5) is 0 Å². The number of rotatable bonds is 2. The van der Waals surface area contributed by atoms with Crippen LogP contribution in [-0.4, -0.2) is 17.7 Å². The molecule has 2 atom stereocenters. The molecule has 0 amide bonds. The van der Waals surface area contributed by atoms with Crippen LogP contribution in [-0.2, 0) is 0 Å². The largest absolute Gasteiger partial charge is 0.387 e. The van der Waals surface area contributed by atoms with Crippen LogP contribution in [0.3, 0.4) is 0 Å². The molecule has 1 unspecified atom stereocenters. The van der Waals surface area contributed by atoms with Crippen molar-refractivity contribution in [1.29, 1.82) is 0 Å². The van der Waals surface area contributed by atoms with Gasteiger partial charge in [0.15, 0.2) is 0 Å². The van der Waals surface area contributed by atoms with E-state index >= 15 is 0 Å². The van der Waals surface area contributed by atoms with Crippen LogP contribution in [0.2, 0.25) is 0 Å². The Bertz CT molecular complexity index is 288. The number of aliphatic hydroxyl groups excluding tert-OH is 1. The standard InChI is InChI=1S/C12H17NO/c1-9-4-6-10(7-5-9)12(14)11-3-2-8-13-11/h4-7,11-14H,2-3,8H2,1H3/t11-,12?/m0/s1. The maximum atomic E-state index is 10.0. The third-order valence-corrected chi connectivity index (χ3v) is 2.90. The summed E-state index contributed by atoms with van der Waals surface area (Å²) >= 11 is 0. The SMILES string of the molecule is Cc1ccc(C(O)[C@@H]2CCCN2)cc1. The highest BCUT2D eigenvalue weighted by Gasteiger charge is 2.23. The van der Waals surface area contributed by atoms with E-state index in [1.165, 1.54) is 12.0 Å². The molecule has 0 radical (unpaired) electrons. The van der Waals surface area contributed by atoms with E-state index in [9.17, 15) is 5.11 Å². The van der Waals surface area contributed by atoms with Gasteiger partial charge in [0.25, 0.3) is 0 Å². The molecule has 1 heterocycles. The van der Waals surface area contributed by atoms with E-state index in [-0.39, 0.29) is 12.1 Å². The summed E-state index contributed by atoms with van der Waals surface area (Å²) < 4.78 is 0. The Labute approximate surface area is 85.0 Å². The fraction of sp³-hybridized carbons (Fsp3) is 0.500. The van der Waals surface area contributed by atoms with Gasteiger partial charge in [-0.25, -0.2) is 0 Å². The zero-order chi connectivity index (χ0) is 9.97. The minimum Gasteiger partial charge on any atom is -0.387 e. The van der Waals surface area contributed by atoms with Crippen molar-refractivity contribution in [2.45, 2.75) is 31.9 Å². The molecule has 0 aromatic heterocycles. The lowest BCUT2D eigenvalue weighted by Gasteiger charge is -2.18. The molecule has 1 aromatic rings. The second kappa shape index (κ2) is 4.11. The van der Waals surface area contributed by atoms with E-state index in [2.05, 4.69) is 12.2 Å². The fourth-order valence-corrected chi connectivity index (χ4v) is 1.98. The van der Waals surface area contributed by atoms with E-state index in [0.29, 0.717) is 0 Å². The van der Waals surface area contributed by atoms with Gasteiger partial charge >= 0.3 is 0 Å². The van der Waals surface area contributed by atoms with E-state index in [4.69, 9.17) is 0 Å². The van der Waals surface area contributed by atoms with Gasteiger partial charge in [0, 0.05) is 6.04 Å². The molecule has 1 fully saturated rings. The average molecular weight is 191 g/mol. The van der Waals surface area contributed by atoms with Gasteiger partial charge in [0.1, 0.15) is 0 Å². The molecule has 2 rings (SSSR count). The third kappa shape index (κ3) is 1.97. The monoisotopic (exact) mass is 191 g/mol. The molecule has 1 aliphatic heterocycles. The molecule has 1 aromatic carbocycles. The second-order valence-electron chi connectivity index (χ2n) is 4.06. The number of aryl methyl sites for hydroxylation is 1. The van der Waals surface area contributed by atoms with Gasteiger partial charge in [-0.2, -0.15) is 0 Å². The number of hydrogen-bond donors (Lipinski definition) is 2. The Morgan fingerprint density at radius 2 is 2.07 bits per heavy atom. The van der Waals surface area contributed by atoms with Crippen molar-refractivity contribution < 1.29 is 5.11 Å². The molecular formula is C12H17NO. The molecule has 0 bridgehead atoms. The van der Waals surface area contributed by atoms with Gasteiger partial charge < -0.3 is 10.4 Å². The first-order valence-corrected chi connectivity index (χ1v) is 5.25. The Balaban J connectivity index is 2.09. The van der Waals surface area contributed by atoms with Crippen LogP contribution in [0.15, 0.2) is 24.3 Å². The van der Waals surface area contributed by atoms with Gasteiger partial charge in [-0.3, -0.25) is 0 Å². The Kier molecular flexibility index (Phi) is 2.85. The summed E-state index contributed by atoms with van der Waals surface area (Å²) in [5.41, 5.74) is 2.26. The minimum absolute atomic E-state index is 0.248. The van der Waals surface area contributed by atoms with Gasteiger partial charge in [0.05, 0.1) is 6.10 Å². The van der Waals surface area contributed by atoms with Crippen molar-refractivity contribution >= 4 is 0 Å². The number of benzene rings is 1. The van der Waals surface area contributed by atoms with Crippen LogP contribution in [0.25, 0.3) is 0 Å². The average Bonchev–Trinajstić information content (AvgIpc) is 2.71. The minimum atomic E-state index is -0.349. The summed E-state index contributed by atoms with van der Waals surface area (Å²) in [6, 6.07) is 8.37. The summed E-state index contributed by atoms with van der Waals surface area (Å²) in [5.74, 6) is 0. The first-order valence-electron chi connectivity index (χ1n) is 5.25. The van der Waals surface area contributed by atoms with Crippen LogP contribution < -0.4 is 5.32 Å². The molecule has 2 nitrogen and oxygen atoms in total. The van der Waals surface area contributed by atoms with Crippen molar-refractivity contribution in [3.05, 3.63) is 35.4 Å². The molecule has 0 aliphatic carbocycles. The summed E-state index contributed by atoms with van der Waals surface area (Å²) in [7, 11) is 0. The summed E-state index contributed by atoms with van der Waals surface area (Å²) in [4.78, 5) is 0. The Hall–Kier alpha value is -0.860. The third-order valence-electron chi connectivity index (χ3n) is 2.90. The first-order chi connectivity index (χ1) is 6.77. The number of nitrogens with one attached hydrogen (secondary N) is 1. The van der Waals surface area contributed by atoms with Gasteiger partial charge in [-0.1, -0.05) is 29.8 Å². The van der Waals surface area contributed by atoms with E-state index in [1.807, 2.05) is 24.3 Å². The van der Waals surface area contributed by atoms with Crippen molar-refractivity contribution in [2.24, 2.45) is 0 Å². The Morgan fingerprint density at radius 1 is 1.36 bits per heavy atom. The normalized spacial score (nSPS) is 23.7. The Morgan fingerprint density at radius 3 is 2.64 bits per heavy atom. The molecule has 14 heavy (non-hydrogen) atoms. The van der Waals surface area contributed by atoms with E-state index in [1.54, 1.807) is 0 Å². The molecule has 2 N–H and O–H groups in total. The lowest BCUT2D eigenvalue weighted by atomic mass is 10.0. The molecule has 0 spiro atoms. The van der Waals surface area contributed by atoms with Gasteiger partial charge in [-0.05, 0) is 31.9 Å². The molecule has 76 valence electrons. The maximum absolute atomic E-state index is 10.0. The zero-order valence-electron chi connectivity index (χ0n) is 8.53. The summed E-state index contributed by atoms with van der Waals surface area (Å²) in [6.07, 6.45) is 1.90. The lowest BCUT2D eigenvalue weighted by Crippen LogP contribution is -2.28. The summed E-state index contributed by atoms with van der Waals surface area (Å²) in [6.45, 7) is 3.09. The predicted molar refractivity (Wildman–Crippen MR) is 57.2 cm³/mol. The van der Waals surface area contributed by atoms with Gasteiger partial charge in [0.2, 0.25) is 0 Å². The summed E-state index contributed by atoms with van der Waals surface area (Å²) in [5, 5.41) is 13.4. The van der Waals surface area contributed by atoms with Crippen molar-refractivity contribution in [3.63, 3.8) is 0 Å². The molecule has 1 aliphatic rings. The molecule has 2 heteroatoms. The molecule has 1 saturated heterocycles. The number of aliphatic hydroxyl groups is 1. The maximum Gasteiger partial charge on any atom is 0.0942 e. The highest BCUT2D eigenvalue weighted by atomic mass is 16.3. The highest BCUT2D eigenvalue weighted by Crippen LogP contribution is 2.22. The fourth-order valence-electron chi connectivity index (χ4n) is 1.98. The molecular weight excluding hydrogens is 174 g/mol. The van der Waals surface area contributed by atoms with Gasteiger partial charge in [-0.15, -0.1) is 0 Å². The van der Waals surface area contributed by atoms with Crippen molar-refractivity contribution in [3.8, 4) is 0 Å². The lowest BCUT2D eigenvalue weighted by molar-refractivity contribution is 0.137. The van der Waals surface area contributed by atoms with E-state index in [0.717, 1.165) is 18.5 Å². The molecule has 0 saturated carbocycles. The first kappa shape index (κ1) is 9.69. The van der Waals surface area contributed by atoms with Crippen LogP contribution >= 0.6 is 0 Å². The van der Waals surface area contributed by atoms with E-state index < -0.39 is 0 Å². The quantitative estimate of drug-likeness (QED) is 0.747. The number of hydrogen-bond acceptors (Lipinski definition) is 2. The predicted octanol–water partition coefficient (Wildman–Crippen LogP) is 1.78. The smallest absolute Gasteiger partial charge is 0.0942 e. The topological polar surface area (TPSA) is 32.3 Å². The van der Waals surface area contributed by atoms with Crippen LogP contribution in [0.5, 0.6) is 0 Å². The van der Waals surface area contributed by atoms with Crippen molar-refractivity contribution in [1.82, 2.24) is 5.32 Å². The second-order valence-corrected chi connectivity index (χ2v) is 4.06. The van der Waals surface area contributed by atoms with Crippen LogP contribution in [0.1, 0.15) is 30.1 Å². The van der Waals surface area contributed by atoms with Crippen molar-refractivity contribution in [2.75, 3.05) is 6.54 Å². The van der Waals surface area contributed by atoms with Crippen LogP contribution in [0, 0.1) is 6.92 Å².